The normalized spacial score (nSPS) is 17.4. The summed E-state index contributed by atoms with van der Waals surface area (Å²) in [6.45, 7) is 15.7. The molecule has 0 aromatic heterocycles. The molecule has 0 bridgehead atoms. The van der Waals surface area contributed by atoms with Crippen molar-refractivity contribution in [3.63, 3.8) is 0 Å². The molecule has 0 aliphatic heterocycles. The molecule has 2 N–H and O–H groups in total. The lowest BCUT2D eigenvalue weighted by Crippen LogP contribution is -2.57. The van der Waals surface area contributed by atoms with E-state index in [-0.39, 0.29) is 11.5 Å². The molecule has 2 unspecified atom stereocenters. The molecule has 7 heteroatoms. The van der Waals surface area contributed by atoms with Gasteiger partial charge in [0.2, 0.25) is 16.6 Å². The standard InChI is InChI=1S/C12H32O4Si3/c1-9-11(17(3,4)13)15-18(5,6)12(10-2)16-19(7,8)14/h11-14H,9-10H2,1-8H3. The van der Waals surface area contributed by atoms with E-state index < -0.39 is 25.2 Å². The lowest BCUT2D eigenvalue weighted by Gasteiger charge is -2.40. The van der Waals surface area contributed by atoms with Gasteiger partial charge in [-0.15, -0.1) is 0 Å². The van der Waals surface area contributed by atoms with Crippen molar-refractivity contribution in [1.82, 2.24) is 0 Å². The van der Waals surface area contributed by atoms with Crippen molar-refractivity contribution in [2.45, 2.75) is 77.4 Å². The van der Waals surface area contributed by atoms with Crippen LogP contribution in [0, 0.1) is 0 Å². The molecule has 0 amide bonds. The highest BCUT2D eigenvalue weighted by Gasteiger charge is 2.42. The van der Waals surface area contributed by atoms with Gasteiger partial charge < -0.3 is 18.4 Å². The summed E-state index contributed by atoms with van der Waals surface area (Å²) in [7, 11) is -6.97. The average Bonchev–Trinajstić information content (AvgIpc) is 2.19. The molecule has 0 radical (unpaired) electrons. The van der Waals surface area contributed by atoms with Gasteiger partial charge in [-0.05, 0) is 52.1 Å². The zero-order chi connectivity index (χ0) is 15.5. The van der Waals surface area contributed by atoms with Crippen molar-refractivity contribution < 1.29 is 18.4 Å². The van der Waals surface area contributed by atoms with Crippen molar-refractivity contribution in [3.8, 4) is 0 Å². The quantitative estimate of drug-likeness (QED) is 0.674. The van der Waals surface area contributed by atoms with Crippen LogP contribution in [-0.4, -0.2) is 46.2 Å². The first kappa shape index (κ1) is 19.5. The van der Waals surface area contributed by atoms with Gasteiger partial charge in [0.25, 0.3) is 0 Å². The van der Waals surface area contributed by atoms with Gasteiger partial charge >= 0.3 is 8.56 Å². The van der Waals surface area contributed by atoms with E-state index in [0.29, 0.717) is 0 Å². The average molecular weight is 325 g/mol. The second-order valence-electron chi connectivity index (χ2n) is 6.73. The van der Waals surface area contributed by atoms with Crippen molar-refractivity contribution in [1.29, 1.82) is 0 Å². The Morgan fingerprint density at radius 1 is 0.789 bits per heavy atom. The van der Waals surface area contributed by atoms with E-state index in [0.717, 1.165) is 12.8 Å². The monoisotopic (exact) mass is 324 g/mol. The smallest absolute Gasteiger partial charge is 0.329 e. The first-order valence-corrected chi connectivity index (χ1v) is 16.0. The Balaban J connectivity index is 4.91. The Morgan fingerprint density at radius 3 is 1.47 bits per heavy atom. The van der Waals surface area contributed by atoms with Crippen LogP contribution < -0.4 is 0 Å². The minimum Gasteiger partial charge on any atom is -0.430 e. The van der Waals surface area contributed by atoms with E-state index in [2.05, 4.69) is 20.0 Å². The zero-order valence-corrected chi connectivity index (χ0v) is 16.8. The Bertz CT molecular complexity index is 271. The third-order valence-corrected chi connectivity index (χ3v) is 9.59. The molecule has 0 spiro atoms. The van der Waals surface area contributed by atoms with Crippen LogP contribution in [0.2, 0.25) is 39.3 Å². The fourth-order valence-corrected chi connectivity index (χ4v) is 10.2. The SMILES string of the molecule is CCC(O[Si](C)(C)C(CC)O[Si](C)(C)O)[Si](C)(C)O. The molecular formula is C12H32O4Si3. The number of rotatable bonds is 8. The lowest BCUT2D eigenvalue weighted by molar-refractivity contribution is 0.152. The Hall–Kier alpha value is 0.491. The Labute approximate surface area is 121 Å². The van der Waals surface area contributed by atoms with Crippen LogP contribution in [0.25, 0.3) is 0 Å². The summed E-state index contributed by atoms with van der Waals surface area (Å²) >= 11 is 0. The molecule has 0 rings (SSSR count). The summed E-state index contributed by atoms with van der Waals surface area (Å²) < 4.78 is 12.2. The van der Waals surface area contributed by atoms with Gasteiger partial charge in [-0.1, -0.05) is 13.8 Å². The van der Waals surface area contributed by atoms with Crippen molar-refractivity contribution in [2.75, 3.05) is 0 Å². The molecule has 0 fully saturated rings. The maximum absolute atomic E-state index is 10.3. The molecule has 0 heterocycles. The van der Waals surface area contributed by atoms with E-state index in [1.165, 1.54) is 0 Å². The first-order chi connectivity index (χ1) is 8.33. The fraction of sp³-hybridized carbons (Fsp3) is 1.00. The fourth-order valence-electron chi connectivity index (χ4n) is 2.23. The third-order valence-electron chi connectivity index (χ3n) is 3.18. The van der Waals surface area contributed by atoms with Crippen LogP contribution in [0.3, 0.4) is 0 Å². The molecule has 0 saturated heterocycles. The molecule has 0 aromatic carbocycles. The van der Waals surface area contributed by atoms with Crippen LogP contribution in [-0.2, 0) is 8.85 Å². The highest BCUT2D eigenvalue weighted by atomic mass is 28.4. The number of hydrogen-bond acceptors (Lipinski definition) is 4. The Morgan fingerprint density at radius 2 is 1.21 bits per heavy atom. The number of hydrogen-bond donors (Lipinski definition) is 2. The molecular weight excluding hydrogens is 292 g/mol. The summed E-state index contributed by atoms with van der Waals surface area (Å²) in [5, 5.41) is 0. The maximum atomic E-state index is 10.3. The van der Waals surface area contributed by atoms with E-state index in [4.69, 9.17) is 8.85 Å². The van der Waals surface area contributed by atoms with Crippen LogP contribution in [0.4, 0.5) is 0 Å². The molecule has 0 aliphatic carbocycles. The van der Waals surface area contributed by atoms with Crippen molar-refractivity contribution in [3.05, 3.63) is 0 Å². The summed E-state index contributed by atoms with van der Waals surface area (Å²) in [4.78, 5) is 20.3. The van der Waals surface area contributed by atoms with Crippen molar-refractivity contribution >= 4 is 25.2 Å². The minimum atomic E-state index is -2.55. The van der Waals surface area contributed by atoms with Crippen molar-refractivity contribution in [2.24, 2.45) is 0 Å². The second-order valence-corrected chi connectivity index (χ2v) is 17.9. The first-order valence-electron chi connectivity index (χ1n) is 7.13. The van der Waals surface area contributed by atoms with Gasteiger partial charge in [0.15, 0.2) is 0 Å². The topological polar surface area (TPSA) is 58.9 Å². The summed E-state index contributed by atoms with van der Waals surface area (Å²) in [6.07, 6.45) is 1.66. The van der Waals surface area contributed by atoms with Crippen LogP contribution in [0.1, 0.15) is 26.7 Å². The lowest BCUT2D eigenvalue weighted by atomic mass is 10.5. The summed E-state index contributed by atoms with van der Waals surface area (Å²) in [6, 6.07) is 0. The molecule has 19 heavy (non-hydrogen) atoms. The predicted molar refractivity (Wildman–Crippen MR) is 87.2 cm³/mol. The highest BCUT2D eigenvalue weighted by Crippen LogP contribution is 2.25. The molecule has 0 saturated carbocycles. The summed E-state index contributed by atoms with van der Waals surface area (Å²) in [5.74, 6) is 0. The van der Waals surface area contributed by atoms with E-state index >= 15 is 0 Å². The van der Waals surface area contributed by atoms with Crippen LogP contribution in [0.5, 0.6) is 0 Å². The maximum Gasteiger partial charge on any atom is 0.329 e. The largest absolute Gasteiger partial charge is 0.430 e. The molecule has 0 aromatic rings. The van der Waals surface area contributed by atoms with Crippen LogP contribution >= 0.6 is 0 Å². The van der Waals surface area contributed by atoms with Crippen LogP contribution in [0.15, 0.2) is 0 Å². The zero-order valence-electron chi connectivity index (χ0n) is 13.8. The van der Waals surface area contributed by atoms with Gasteiger partial charge in [-0.2, -0.15) is 0 Å². The third kappa shape index (κ3) is 7.17. The molecule has 0 aliphatic rings. The highest BCUT2D eigenvalue weighted by molar-refractivity contribution is 6.77. The summed E-state index contributed by atoms with van der Waals surface area (Å²) in [5.41, 5.74) is -0.0835. The molecule has 2 atom stereocenters. The minimum absolute atomic E-state index is 0.0235. The molecule has 4 nitrogen and oxygen atoms in total. The molecule has 116 valence electrons. The van der Waals surface area contributed by atoms with Gasteiger partial charge in [0.05, 0.1) is 11.5 Å². The Kier molecular flexibility index (Phi) is 7.15. The van der Waals surface area contributed by atoms with Gasteiger partial charge in [-0.3, -0.25) is 0 Å². The van der Waals surface area contributed by atoms with Gasteiger partial charge in [0.1, 0.15) is 0 Å². The van der Waals surface area contributed by atoms with Gasteiger partial charge in [0, 0.05) is 0 Å². The van der Waals surface area contributed by atoms with E-state index in [1.54, 1.807) is 13.1 Å². The predicted octanol–water partition coefficient (Wildman–Crippen LogP) is 2.75. The van der Waals surface area contributed by atoms with Gasteiger partial charge in [-0.25, -0.2) is 0 Å². The van der Waals surface area contributed by atoms with E-state index in [9.17, 15) is 9.59 Å². The second kappa shape index (κ2) is 6.97. The van der Waals surface area contributed by atoms with E-state index in [1.807, 2.05) is 20.0 Å².